The fraction of sp³-hybridized carbons (Fsp3) is 0.179. The lowest BCUT2D eigenvalue weighted by Gasteiger charge is -2.42. The fourth-order valence-corrected chi connectivity index (χ4v) is 7.86. The van der Waals surface area contributed by atoms with E-state index in [0.717, 1.165) is 22.3 Å². The number of anilines is 3. The Labute approximate surface area is 265 Å². The Balaban J connectivity index is 1.19. The average molecular weight is 607 g/mol. The van der Waals surface area contributed by atoms with Crippen molar-refractivity contribution in [2.75, 3.05) is 10.2 Å². The third-order valence-corrected chi connectivity index (χ3v) is 10.00. The summed E-state index contributed by atoms with van der Waals surface area (Å²) in [5.41, 5.74) is 4.66. The second kappa shape index (κ2) is 10.5. The molecule has 4 aromatic rings. The summed E-state index contributed by atoms with van der Waals surface area (Å²) < 4.78 is 0. The molecule has 4 atom stereocenters. The Hall–Kier alpha value is -5.56. The number of carbonyl (C=O) groups excluding carboxylic acids is 4. The monoisotopic (exact) mass is 606 g/mol. The van der Waals surface area contributed by atoms with Crippen molar-refractivity contribution in [1.82, 2.24) is 0 Å². The van der Waals surface area contributed by atoms with Crippen LogP contribution in [0, 0.1) is 17.8 Å². The Morgan fingerprint density at radius 2 is 1.50 bits per heavy atom. The Kier molecular flexibility index (Phi) is 6.39. The van der Waals surface area contributed by atoms with E-state index in [1.54, 1.807) is 19.1 Å². The average Bonchev–Trinajstić information content (AvgIpc) is 3.33. The maximum atomic E-state index is 14.3. The number of Topliss-reactive ketones (excluding diaryl/α,β-unsaturated/α-hetero) is 1. The third-order valence-electron chi connectivity index (χ3n) is 10.00. The van der Waals surface area contributed by atoms with Crippen LogP contribution in [0.15, 0.2) is 125 Å². The van der Waals surface area contributed by atoms with Crippen LogP contribution in [0.3, 0.4) is 0 Å². The Bertz CT molecular complexity index is 2090. The Morgan fingerprint density at radius 3 is 2.28 bits per heavy atom. The topological polar surface area (TPSA) is 104 Å². The maximum Gasteiger partial charge on any atom is 0.238 e. The van der Waals surface area contributed by atoms with Crippen molar-refractivity contribution in [3.63, 3.8) is 0 Å². The smallest absolute Gasteiger partial charge is 0.238 e. The molecule has 4 aliphatic rings. The van der Waals surface area contributed by atoms with Gasteiger partial charge >= 0.3 is 0 Å². The van der Waals surface area contributed by atoms with Crippen molar-refractivity contribution in [3.05, 3.63) is 131 Å². The molecule has 0 bridgehead atoms. The van der Waals surface area contributed by atoms with E-state index in [-0.39, 0.29) is 35.6 Å². The van der Waals surface area contributed by atoms with Crippen LogP contribution >= 0.6 is 0 Å². The van der Waals surface area contributed by atoms with Gasteiger partial charge in [-0.3, -0.25) is 24.1 Å². The molecule has 0 aromatic heterocycles. The van der Waals surface area contributed by atoms with E-state index in [9.17, 15) is 24.3 Å². The number of benzene rings is 4. The number of nitrogens with one attached hydrogen (secondary N) is 1. The molecule has 8 rings (SSSR count). The first kappa shape index (κ1) is 28.0. The first-order valence-electron chi connectivity index (χ1n) is 15.5. The SMILES string of the molecule is CC1=CC(=O)C2=C(C1=O)C(c1ccc3ccccc3c1O)C1=CCC3C(=O)N(c4ccc(Nc5ccccc5)cc4)C(=O)C3C1C2. The standard InChI is InChI=1S/C39H30N2O5/c1-21-19-32(42)31-20-30-27(33(35(31)36(21)43)28-16-11-22-7-5-6-10-26(22)37(28)44)17-18-29-34(30)39(46)41(38(29)45)25-14-12-24(13-15-25)40-23-8-3-2-4-9-23/h2-17,19,29-30,33-34,40,44H,18,20H2,1H3. The normalized spacial score (nSPS) is 24.0. The zero-order valence-electron chi connectivity index (χ0n) is 25.1. The predicted molar refractivity (Wildman–Crippen MR) is 176 cm³/mol. The van der Waals surface area contributed by atoms with Crippen molar-refractivity contribution >= 4 is 51.2 Å². The van der Waals surface area contributed by atoms with Crippen LogP contribution in [0.25, 0.3) is 10.8 Å². The number of amides is 2. The fourth-order valence-electron chi connectivity index (χ4n) is 7.86. The summed E-state index contributed by atoms with van der Waals surface area (Å²) in [7, 11) is 0. The van der Waals surface area contributed by atoms with Crippen LogP contribution in [0.5, 0.6) is 5.75 Å². The van der Waals surface area contributed by atoms with Crippen LogP contribution < -0.4 is 10.2 Å². The molecule has 3 aliphatic carbocycles. The van der Waals surface area contributed by atoms with Crippen LogP contribution in [0.2, 0.25) is 0 Å². The van der Waals surface area contributed by atoms with Gasteiger partial charge in [0.05, 0.1) is 17.5 Å². The number of aromatic hydroxyl groups is 1. The van der Waals surface area contributed by atoms with Gasteiger partial charge in [0.15, 0.2) is 11.6 Å². The van der Waals surface area contributed by atoms with Crippen molar-refractivity contribution in [3.8, 4) is 5.75 Å². The lowest BCUT2D eigenvalue weighted by atomic mass is 9.59. The molecule has 46 heavy (non-hydrogen) atoms. The molecule has 1 aliphatic heterocycles. The van der Waals surface area contributed by atoms with Gasteiger partial charge in [-0.2, -0.15) is 0 Å². The first-order valence-corrected chi connectivity index (χ1v) is 15.5. The summed E-state index contributed by atoms with van der Waals surface area (Å²) in [5.74, 6) is -3.46. The number of ketones is 2. The van der Waals surface area contributed by atoms with Gasteiger partial charge in [0.2, 0.25) is 11.8 Å². The third kappa shape index (κ3) is 4.19. The number of phenolic OH excluding ortho intramolecular Hbond substituents is 1. The summed E-state index contributed by atoms with van der Waals surface area (Å²) >= 11 is 0. The zero-order valence-corrected chi connectivity index (χ0v) is 25.1. The number of carbonyl (C=O) groups is 4. The van der Waals surface area contributed by atoms with Crippen molar-refractivity contribution < 1.29 is 24.3 Å². The minimum atomic E-state index is -0.709. The number of rotatable bonds is 4. The molecule has 1 fully saturated rings. The number of fused-ring (bicyclic) bond motifs is 4. The second-order valence-electron chi connectivity index (χ2n) is 12.5. The molecule has 2 amide bonds. The van der Waals surface area contributed by atoms with Gasteiger partial charge in [-0.25, -0.2) is 0 Å². The van der Waals surface area contributed by atoms with E-state index in [4.69, 9.17) is 0 Å². The molecule has 226 valence electrons. The molecule has 0 saturated carbocycles. The van der Waals surface area contributed by atoms with Crippen LogP contribution in [0.4, 0.5) is 17.1 Å². The predicted octanol–water partition coefficient (Wildman–Crippen LogP) is 6.92. The van der Waals surface area contributed by atoms with Crippen LogP contribution in [-0.2, 0) is 19.2 Å². The second-order valence-corrected chi connectivity index (χ2v) is 12.5. The quantitative estimate of drug-likeness (QED) is 0.148. The molecule has 0 spiro atoms. The molecule has 4 aromatic carbocycles. The van der Waals surface area contributed by atoms with Crippen molar-refractivity contribution in [2.24, 2.45) is 17.8 Å². The minimum absolute atomic E-state index is 0.0470. The van der Waals surface area contributed by atoms with Crippen molar-refractivity contribution in [1.29, 1.82) is 0 Å². The molecule has 7 heteroatoms. The van der Waals surface area contributed by atoms with E-state index in [2.05, 4.69) is 5.32 Å². The van der Waals surface area contributed by atoms with Crippen molar-refractivity contribution in [2.45, 2.75) is 25.7 Å². The van der Waals surface area contributed by atoms with Gasteiger partial charge in [-0.15, -0.1) is 0 Å². The summed E-state index contributed by atoms with van der Waals surface area (Å²) in [4.78, 5) is 56.6. The molecule has 7 nitrogen and oxygen atoms in total. The van der Waals surface area contributed by atoms with Crippen LogP contribution in [-0.4, -0.2) is 28.5 Å². The van der Waals surface area contributed by atoms with E-state index in [1.807, 2.05) is 84.9 Å². The lowest BCUT2D eigenvalue weighted by Crippen LogP contribution is -2.39. The van der Waals surface area contributed by atoms with E-state index in [1.165, 1.54) is 11.0 Å². The number of imide groups is 1. The van der Waals surface area contributed by atoms with E-state index >= 15 is 0 Å². The molecule has 1 heterocycles. The molecule has 4 unspecified atom stereocenters. The van der Waals surface area contributed by atoms with Gasteiger partial charge in [-0.05, 0) is 73.5 Å². The van der Waals surface area contributed by atoms with Gasteiger partial charge in [0, 0.05) is 45.0 Å². The Morgan fingerprint density at radius 1 is 0.783 bits per heavy atom. The number of hydrogen-bond acceptors (Lipinski definition) is 6. The van der Waals surface area contributed by atoms with E-state index in [0.29, 0.717) is 39.8 Å². The number of hydrogen-bond donors (Lipinski definition) is 2. The first-order chi connectivity index (χ1) is 22.3. The highest BCUT2D eigenvalue weighted by Gasteiger charge is 2.56. The number of nitrogens with zero attached hydrogens (tertiary/aromatic N) is 1. The molecule has 1 saturated heterocycles. The number of para-hydroxylation sites is 1. The highest BCUT2D eigenvalue weighted by molar-refractivity contribution is 6.25. The highest BCUT2D eigenvalue weighted by atomic mass is 16.3. The van der Waals surface area contributed by atoms with E-state index < -0.39 is 23.7 Å². The molecule has 2 N–H and O–H groups in total. The molecular formula is C39H30N2O5. The van der Waals surface area contributed by atoms with Gasteiger partial charge < -0.3 is 10.4 Å². The summed E-state index contributed by atoms with van der Waals surface area (Å²) in [5, 5.41) is 16.4. The maximum absolute atomic E-state index is 14.3. The van der Waals surface area contributed by atoms with Crippen LogP contribution in [0.1, 0.15) is 31.2 Å². The molecule has 0 radical (unpaired) electrons. The lowest BCUT2D eigenvalue weighted by molar-refractivity contribution is -0.123. The number of allylic oxidation sites excluding steroid dienone is 6. The minimum Gasteiger partial charge on any atom is -0.507 e. The summed E-state index contributed by atoms with van der Waals surface area (Å²) in [6.45, 7) is 1.64. The summed E-state index contributed by atoms with van der Waals surface area (Å²) in [6.07, 6.45) is 3.86. The van der Waals surface area contributed by atoms with Gasteiger partial charge in [-0.1, -0.05) is 66.2 Å². The van der Waals surface area contributed by atoms with Gasteiger partial charge in [0.25, 0.3) is 0 Å². The number of phenols is 1. The molecular weight excluding hydrogens is 576 g/mol. The largest absolute Gasteiger partial charge is 0.507 e. The van der Waals surface area contributed by atoms with Gasteiger partial charge in [0.1, 0.15) is 5.75 Å². The highest BCUT2D eigenvalue weighted by Crippen LogP contribution is 2.56. The zero-order chi connectivity index (χ0) is 31.7. The summed E-state index contributed by atoms with van der Waals surface area (Å²) in [6, 6.07) is 28.1.